The molecule has 2 aromatic heterocycles. The molecule has 1 aromatic carbocycles. The first-order valence-corrected chi connectivity index (χ1v) is 8.35. The number of amides is 1. The van der Waals surface area contributed by atoms with Gasteiger partial charge < -0.3 is 9.88 Å². The first-order chi connectivity index (χ1) is 10.6. The monoisotopic (exact) mass is 312 g/mol. The van der Waals surface area contributed by atoms with Crippen LogP contribution in [0, 0.1) is 6.92 Å². The van der Waals surface area contributed by atoms with Gasteiger partial charge in [0.25, 0.3) is 0 Å². The van der Waals surface area contributed by atoms with Gasteiger partial charge in [-0.15, -0.1) is 11.3 Å². The highest BCUT2D eigenvalue weighted by Crippen LogP contribution is 2.19. The van der Waals surface area contributed by atoms with E-state index in [9.17, 15) is 4.79 Å². The van der Waals surface area contributed by atoms with Crippen LogP contribution >= 0.6 is 11.3 Å². The molecule has 0 aliphatic carbocycles. The van der Waals surface area contributed by atoms with Gasteiger partial charge in [0, 0.05) is 41.5 Å². The highest BCUT2D eigenvalue weighted by Gasteiger charge is 2.05. The fraction of sp³-hybridized carbons (Fsp3) is 0.278. The molecule has 0 bridgehead atoms. The lowest BCUT2D eigenvalue weighted by Crippen LogP contribution is -2.22. The van der Waals surface area contributed by atoms with E-state index in [2.05, 4.69) is 54.2 Å². The minimum atomic E-state index is 0.109. The summed E-state index contributed by atoms with van der Waals surface area (Å²) in [5, 5.41) is 6.28. The van der Waals surface area contributed by atoms with E-state index in [1.54, 1.807) is 11.3 Å². The van der Waals surface area contributed by atoms with Gasteiger partial charge in [0.2, 0.25) is 5.91 Å². The van der Waals surface area contributed by atoms with Crippen LogP contribution in [0.1, 0.15) is 22.6 Å². The molecule has 114 valence electrons. The summed E-state index contributed by atoms with van der Waals surface area (Å²) in [6.45, 7) is 2.69. The van der Waals surface area contributed by atoms with Crippen molar-refractivity contribution >= 4 is 28.1 Å². The number of nitrogens with zero attached hydrogens (tertiary/aromatic N) is 1. The number of hydrogen-bond donors (Lipinski definition) is 1. The Kier molecular flexibility index (Phi) is 4.29. The summed E-state index contributed by atoms with van der Waals surface area (Å²) in [4.78, 5) is 13.2. The van der Waals surface area contributed by atoms with Crippen LogP contribution in [0.15, 0.2) is 41.8 Å². The van der Waals surface area contributed by atoms with E-state index in [4.69, 9.17) is 0 Å². The molecule has 0 saturated heterocycles. The molecule has 1 amide bonds. The van der Waals surface area contributed by atoms with Crippen LogP contribution in [0.3, 0.4) is 0 Å². The van der Waals surface area contributed by atoms with Gasteiger partial charge in [-0.05, 0) is 48.6 Å². The molecule has 3 rings (SSSR count). The minimum Gasteiger partial charge on any atom is -0.352 e. The van der Waals surface area contributed by atoms with Crippen LogP contribution in [0.2, 0.25) is 0 Å². The van der Waals surface area contributed by atoms with Crippen molar-refractivity contribution in [2.45, 2.75) is 26.3 Å². The molecule has 1 N–H and O–H groups in total. The van der Waals surface area contributed by atoms with E-state index in [-0.39, 0.29) is 5.91 Å². The Morgan fingerprint density at radius 3 is 2.91 bits per heavy atom. The third-order valence-corrected chi connectivity index (χ3v) is 4.95. The van der Waals surface area contributed by atoms with Crippen molar-refractivity contribution in [1.82, 2.24) is 9.88 Å². The maximum Gasteiger partial charge on any atom is 0.220 e. The van der Waals surface area contributed by atoms with Gasteiger partial charge in [-0.25, -0.2) is 0 Å². The first kappa shape index (κ1) is 14.9. The third-order valence-electron chi connectivity index (χ3n) is 4.01. The van der Waals surface area contributed by atoms with E-state index >= 15 is 0 Å². The molecule has 0 unspecified atom stereocenters. The maximum atomic E-state index is 11.9. The SMILES string of the molecule is Cc1cc2cc(CNC(=O)CCc3cccs3)ccc2n1C. The Hall–Kier alpha value is -2.07. The number of fused-ring (bicyclic) bond motifs is 1. The minimum absolute atomic E-state index is 0.109. The van der Waals surface area contributed by atoms with E-state index < -0.39 is 0 Å². The third kappa shape index (κ3) is 3.22. The van der Waals surface area contributed by atoms with E-state index in [1.807, 2.05) is 11.4 Å². The fourth-order valence-corrected chi connectivity index (χ4v) is 3.34. The fourth-order valence-electron chi connectivity index (χ4n) is 2.63. The molecule has 3 aromatic rings. The Balaban J connectivity index is 1.57. The van der Waals surface area contributed by atoms with Crippen molar-refractivity contribution < 1.29 is 4.79 Å². The van der Waals surface area contributed by atoms with E-state index in [0.29, 0.717) is 13.0 Å². The molecule has 3 nitrogen and oxygen atoms in total. The smallest absolute Gasteiger partial charge is 0.220 e. The van der Waals surface area contributed by atoms with Crippen LogP contribution in [0.5, 0.6) is 0 Å². The second-order valence-electron chi connectivity index (χ2n) is 5.59. The normalized spacial score (nSPS) is 11.0. The van der Waals surface area contributed by atoms with Crippen LogP contribution in [-0.2, 0) is 24.8 Å². The lowest BCUT2D eigenvalue weighted by molar-refractivity contribution is -0.121. The molecule has 0 fully saturated rings. The second-order valence-corrected chi connectivity index (χ2v) is 6.63. The quantitative estimate of drug-likeness (QED) is 0.764. The van der Waals surface area contributed by atoms with E-state index in [0.717, 1.165) is 12.0 Å². The van der Waals surface area contributed by atoms with Gasteiger partial charge in [-0.1, -0.05) is 12.1 Å². The summed E-state index contributed by atoms with van der Waals surface area (Å²) >= 11 is 1.70. The zero-order chi connectivity index (χ0) is 15.5. The Morgan fingerprint density at radius 2 is 2.14 bits per heavy atom. The molecule has 2 heterocycles. The molecule has 0 aliphatic rings. The molecule has 22 heavy (non-hydrogen) atoms. The highest BCUT2D eigenvalue weighted by molar-refractivity contribution is 7.09. The van der Waals surface area contributed by atoms with Crippen LogP contribution in [0.25, 0.3) is 10.9 Å². The van der Waals surface area contributed by atoms with Crippen LogP contribution in [-0.4, -0.2) is 10.5 Å². The largest absolute Gasteiger partial charge is 0.352 e. The van der Waals surface area contributed by atoms with Crippen LogP contribution < -0.4 is 5.32 Å². The number of rotatable bonds is 5. The molecular weight excluding hydrogens is 292 g/mol. The summed E-state index contributed by atoms with van der Waals surface area (Å²) < 4.78 is 2.18. The van der Waals surface area contributed by atoms with Crippen molar-refractivity contribution in [2.24, 2.45) is 7.05 Å². The number of hydrogen-bond acceptors (Lipinski definition) is 2. The Labute approximate surface area is 134 Å². The summed E-state index contributed by atoms with van der Waals surface area (Å²) in [5.41, 5.74) is 3.61. The molecule has 0 radical (unpaired) electrons. The number of carbonyl (C=O) groups is 1. The maximum absolute atomic E-state index is 11.9. The predicted molar refractivity (Wildman–Crippen MR) is 92.1 cm³/mol. The van der Waals surface area contributed by atoms with Gasteiger partial charge in [-0.3, -0.25) is 4.79 Å². The van der Waals surface area contributed by atoms with Crippen LogP contribution in [0.4, 0.5) is 0 Å². The topological polar surface area (TPSA) is 34.0 Å². The molecule has 0 saturated carbocycles. The van der Waals surface area contributed by atoms with Crippen molar-refractivity contribution in [3.8, 4) is 0 Å². The molecule has 4 heteroatoms. The van der Waals surface area contributed by atoms with Gasteiger partial charge in [0.15, 0.2) is 0 Å². The number of benzene rings is 1. The zero-order valence-electron chi connectivity index (χ0n) is 12.9. The summed E-state index contributed by atoms with van der Waals surface area (Å²) in [6.07, 6.45) is 1.37. The summed E-state index contributed by atoms with van der Waals surface area (Å²) in [5.74, 6) is 0.109. The predicted octanol–water partition coefficient (Wildman–Crippen LogP) is 3.80. The lowest BCUT2D eigenvalue weighted by atomic mass is 10.1. The van der Waals surface area contributed by atoms with Crippen molar-refractivity contribution in [2.75, 3.05) is 0 Å². The number of aromatic nitrogens is 1. The Morgan fingerprint density at radius 1 is 1.27 bits per heavy atom. The van der Waals surface area contributed by atoms with Gasteiger partial charge >= 0.3 is 0 Å². The standard InChI is InChI=1S/C18H20N2OS/c1-13-10-15-11-14(5-7-17(15)20(13)2)12-19-18(21)8-6-16-4-3-9-22-16/h3-5,7,9-11H,6,8,12H2,1-2H3,(H,19,21). The lowest BCUT2D eigenvalue weighted by Gasteiger charge is -2.06. The van der Waals surface area contributed by atoms with Gasteiger partial charge in [-0.2, -0.15) is 0 Å². The molecule has 0 spiro atoms. The average Bonchev–Trinajstić information content (AvgIpc) is 3.12. The molecule has 0 atom stereocenters. The molecule has 0 aliphatic heterocycles. The second kappa shape index (κ2) is 6.36. The van der Waals surface area contributed by atoms with Gasteiger partial charge in [0.1, 0.15) is 0 Å². The molecular formula is C18H20N2OS. The highest BCUT2D eigenvalue weighted by atomic mass is 32.1. The number of carbonyl (C=O) groups excluding carboxylic acids is 1. The van der Waals surface area contributed by atoms with Crippen molar-refractivity contribution in [1.29, 1.82) is 0 Å². The first-order valence-electron chi connectivity index (χ1n) is 7.47. The van der Waals surface area contributed by atoms with E-state index in [1.165, 1.54) is 21.5 Å². The zero-order valence-corrected chi connectivity index (χ0v) is 13.7. The Bertz CT molecular complexity index is 787. The number of nitrogens with one attached hydrogen (secondary N) is 1. The van der Waals surface area contributed by atoms with Gasteiger partial charge in [0.05, 0.1) is 0 Å². The number of aryl methyl sites for hydroxylation is 3. The summed E-state index contributed by atoms with van der Waals surface area (Å²) in [6, 6.07) is 12.6. The van der Waals surface area contributed by atoms with Crippen molar-refractivity contribution in [3.63, 3.8) is 0 Å². The average molecular weight is 312 g/mol. The van der Waals surface area contributed by atoms with Crippen molar-refractivity contribution in [3.05, 3.63) is 57.9 Å². The number of thiophene rings is 1. The summed E-state index contributed by atoms with van der Waals surface area (Å²) in [7, 11) is 2.07.